The van der Waals surface area contributed by atoms with Crippen LogP contribution in [-0.4, -0.2) is 50.6 Å². The maximum atomic E-state index is 12.9. The summed E-state index contributed by atoms with van der Waals surface area (Å²) in [6.07, 6.45) is 5.65. The van der Waals surface area contributed by atoms with Crippen molar-refractivity contribution in [1.29, 1.82) is 0 Å². The van der Waals surface area contributed by atoms with Gasteiger partial charge in [0.25, 0.3) is 0 Å². The maximum absolute atomic E-state index is 12.9. The summed E-state index contributed by atoms with van der Waals surface area (Å²) < 4.78 is 28.4. The van der Waals surface area contributed by atoms with Crippen molar-refractivity contribution >= 4 is 16.0 Å². The number of hydrogen-bond acceptors (Lipinski definition) is 4. The van der Waals surface area contributed by atoms with E-state index < -0.39 is 16.0 Å². The van der Waals surface area contributed by atoms with Gasteiger partial charge in [0.15, 0.2) is 0 Å². The number of likely N-dealkylation sites (tertiary alicyclic amines) is 1. The first kappa shape index (κ1) is 19.3. The number of nitrogens with one attached hydrogen (secondary N) is 1. The van der Waals surface area contributed by atoms with Crippen molar-refractivity contribution in [3.63, 3.8) is 0 Å². The number of carbonyl (C=O) groups is 1. The molecule has 0 radical (unpaired) electrons. The fourth-order valence-corrected chi connectivity index (χ4v) is 5.25. The lowest BCUT2D eigenvalue weighted by Gasteiger charge is -2.30. The van der Waals surface area contributed by atoms with Crippen LogP contribution in [0.5, 0.6) is 0 Å². The van der Waals surface area contributed by atoms with Crippen molar-refractivity contribution in [2.24, 2.45) is 5.92 Å². The molecule has 0 bridgehead atoms. The van der Waals surface area contributed by atoms with E-state index in [0.29, 0.717) is 19.5 Å². The van der Waals surface area contributed by atoms with Crippen LogP contribution >= 0.6 is 0 Å². The average molecular weight is 381 g/mol. The minimum atomic E-state index is -3.71. The van der Waals surface area contributed by atoms with E-state index in [1.807, 2.05) is 0 Å². The summed E-state index contributed by atoms with van der Waals surface area (Å²) in [6, 6.07) is 2.95. The first-order valence-corrected chi connectivity index (χ1v) is 11.0. The third kappa shape index (κ3) is 4.45. The molecule has 0 spiro atoms. The van der Waals surface area contributed by atoms with Crippen LogP contribution in [0.3, 0.4) is 0 Å². The van der Waals surface area contributed by atoms with Crippen LogP contribution in [0.15, 0.2) is 17.0 Å². The zero-order valence-corrected chi connectivity index (χ0v) is 16.1. The number of nitrogens with zero attached hydrogens (tertiary/aromatic N) is 1. The topological polar surface area (TPSA) is 86.7 Å². The van der Waals surface area contributed by atoms with E-state index >= 15 is 0 Å². The Balaban J connectivity index is 1.74. The van der Waals surface area contributed by atoms with E-state index in [-0.39, 0.29) is 10.5 Å². The molecule has 1 fully saturated rings. The van der Waals surface area contributed by atoms with Gasteiger partial charge < -0.3 is 10.0 Å². The van der Waals surface area contributed by atoms with Gasteiger partial charge in [-0.3, -0.25) is 0 Å². The highest BCUT2D eigenvalue weighted by Gasteiger charge is 2.25. The molecule has 0 atom stereocenters. The molecular weight excluding hydrogens is 352 g/mol. The van der Waals surface area contributed by atoms with Gasteiger partial charge in [0.2, 0.25) is 10.0 Å². The van der Waals surface area contributed by atoms with Crippen LogP contribution in [0.25, 0.3) is 0 Å². The second-order valence-electron chi connectivity index (χ2n) is 7.55. The Kier molecular flexibility index (Phi) is 5.99. The number of sulfonamides is 1. The first-order valence-electron chi connectivity index (χ1n) is 9.48. The molecule has 3 rings (SSSR count). The molecule has 6 nitrogen and oxygen atoms in total. The highest BCUT2D eigenvalue weighted by atomic mass is 32.2. The number of aromatic carboxylic acids is 1. The summed E-state index contributed by atoms with van der Waals surface area (Å²) >= 11 is 0. The standard InChI is InChI=1S/C19H28N2O4S/c1-14-6-9-21(10-7-14)11-8-20-26(24,25)18-13-16(19(22)23)12-15-4-2-3-5-17(15)18/h12-14,20H,2-11H2,1H3,(H,22,23). The van der Waals surface area contributed by atoms with E-state index in [1.165, 1.54) is 6.07 Å². The SMILES string of the molecule is CC1CCN(CCNS(=O)(=O)c2cc(C(=O)O)cc3c2CCCC3)CC1. The van der Waals surface area contributed by atoms with Crippen molar-refractivity contribution in [1.82, 2.24) is 9.62 Å². The quantitative estimate of drug-likeness (QED) is 0.791. The largest absolute Gasteiger partial charge is 0.478 e. The van der Waals surface area contributed by atoms with Gasteiger partial charge >= 0.3 is 5.97 Å². The molecule has 1 aliphatic heterocycles. The van der Waals surface area contributed by atoms with Crippen molar-refractivity contribution in [2.75, 3.05) is 26.2 Å². The van der Waals surface area contributed by atoms with E-state index in [9.17, 15) is 18.3 Å². The molecule has 1 heterocycles. The van der Waals surface area contributed by atoms with Gasteiger partial charge in [-0.05, 0) is 80.8 Å². The van der Waals surface area contributed by atoms with Crippen LogP contribution in [0.2, 0.25) is 0 Å². The third-order valence-electron chi connectivity index (χ3n) is 5.56. The fraction of sp³-hybridized carbons (Fsp3) is 0.632. The highest BCUT2D eigenvalue weighted by Crippen LogP contribution is 2.29. The third-order valence-corrected chi connectivity index (χ3v) is 7.08. The van der Waals surface area contributed by atoms with Gasteiger partial charge in [-0.25, -0.2) is 17.9 Å². The Morgan fingerprint density at radius 2 is 1.92 bits per heavy atom. The predicted molar refractivity (Wildman–Crippen MR) is 100 cm³/mol. The lowest BCUT2D eigenvalue weighted by Crippen LogP contribution is -2.39. The minimum Gasteiger partial charge on any atom is -0.478 e. The summed E-state index contributed by atoms with van der Waals surface area (Å²) in [5.41, 5.74) is 1.71. The number of aryl methyl sites for hydroxylation is 1. The Morgan fingerprint density at radius 3 is 2.62 bits per heavy atom. The predicted octanol–water partition coefficient (Wildman–Crippen LogP) is 2.27. The summed E-state index contributed by atoms with van der Waals surface area (Å²) in [4.78, 5) is 13.8. The smallest absolute Gasteiger partial charge is 0.335 e. The molecule has 0 saturated carbocycles. The van der Waals surface area contributed by atoms with E-state index in [2.05, 4.69) is 16.5 Å². The number of carboxylic acids is 1. The Labute approximate surface area is 155 Å². The van der Waals surface area contributed by atoms with Crippen molar-refractivity contribution in [3.05, 3.63) is 28.8 Å². The van der Waals surface area contributed by atoms with Crippen molar-refractivity contribution in [3.8, 4) is 0 Å². The van der Waals surface area contributed by atoms with Gasteiger partial charge in [-0.2, -0.15) is 0 Å². The Morgan fingerprint density at radius 1 is 1.23 bits per heavy atom. The van der Waals surface area contributed by atoms with Crippen LogP contribution < -0.4 is 4.72 Å². The molecular formula is C19H28N2O4S. The number of piperidine rings is 1. The number of rotatable bonds is 6. The van der Waals surface area contributed by atoms with Gasteiger partial charge in [0, 0.05) is 13.1 Å². The zero-order valence-electron chi connectivity index (χ0n) is 15.3. The first-order chi connectivity index (χ1) is 12.4. The fourth-order valence-electron chi connectivity index (χ4n) is 3.89. The van der Waals surface area contributed by atoms with E-state index in [4.69, 9.17) is 0 Å². The van der Waals surface area contributed by atoms with Crippen molar-refractivity contribution in [2.45, 2.75) is 50.3 Å². The zero-order chi connectivity index (χ0) is 18.7. The lowest BCUT2D eigenvalue weighted by molar-refractivity contribution is 0.0696. The van der Waals surface area contributed by atoms with E-state index in [0.717, 1.165) is 62.2 Å². The second-order valence-corrected chi connectivity index (χ2v) is 9.28. The summed E-state index contributed by atoms with van der Waals surface area (Å²) in [5, 5.41) is 9.32. The number of benzene rings is 1. The van der Waals surface area contributed by atoms with Gasteiger partial charge in [-0.1, -0.05) is 6.92 Å². The van der Waals surface area contributed by atoms with Crippen molar-refractivity contribution < 1.29 is 18.3 Å². The molecule has 1 aliphatic carbocycles. The highest BCUT2D eigenvalue weighted by molar-refractivity contribution is 7.89. The minimum absolute atomic E-state index is 0.0519. The second kappa shape index (κ2) is 8.06. The molecule has 144 valence electrons. The molecule has 0 amide bonds. The molecule has 0 aromatic heterocycles. The molecule has 1 aromatic carbocycles. The molecule has 1 saturated heterocycles. The molecule has 1 aromatic rings. The van der Waals surface area contributed by atoms with Gasteiger partial charge in [-0.15, -0.1) is 0 Å². The molecule has 2 aliphatic rings. The van der Waals surface area contributed by atoms with Gasteiger partial charge in [0.1, 0.15) is 0 Å². The summed E-state index contributed by atoms with van der Waals surface area (Å²) in [7, 11) is -3.71. The van der Waals surface area contributed by atoms with Crippen LogP contribution in [0, 0.1) is 5.92 Å². The normalized spacial score (nSPS) is 19.3. The van der Waals surface area contributed by atoms with Gasteiger partial charge in [0.05, 0.1) is 10.5 Å². The maximum Gasteiger partial charge on any atom is 0.335 e. The monoisotopic (exact) mass is 380 g/mol. The van der Waals surface area contributed by atoms with E-state index in [1.54, 1.807) is 6.07 Å². The Hall–Kier alpha value is -1.44. The Bertz CT molecular complexity index is 768. The van der Waals surface area contributed by atoms with Crippen LogP contribution in [-0.2, 0) is 22.9 Å². The van der Waals surface area contributed by atoms with Crippen LogP contribution in [0.4, 0.5) is 0 Å². The number of carboxylic acid groups (broad SMARTS) is 1. The molecule has 26 heavy (non-hydrogen) atoms. The number of hydrogen-bond donors (Lipinski definition) is 2. The lowest BCUT2D eigenvalue weighted by atomic mass is 9.90. The summed E-state index contributed by atoms with van der Waals surface area (Å²) in [6.45, 7) is 5.30. The molecule has 2 N–H and O–H groups in total. The average Bonchev–Trinajstić information content (AvgIpc) is 2.62. The molecule has 0 unspecified atom stereocenters. The summed E-state index contributed by atoms with van der Waals surface area (Å²) in [5.74, 6) is -0.342. The molecule has 7 heteroatoms. The number of fused-ring (bicyclic) bond motifs is 1. The van der Waals surface area contributed by atoms with Crippen LogP contribution in [0.1, 0.15) is 54.1 Å².